The average Bonchev–Trinajstić information content (AvgIpc) is 2.78. The molecule has 0 N–H and O–H groups in total. The highest BCUT2D eigenvalue weighted by Gasteiger charge is 2.24. The maximum atomic E-state index is 5.10. The van der Waals surface area contributed by atoms with E-state index in [1.54, 1.807) is 0 Å². The van der Waals surface area contributed by atoms with E-state index in [0.29, 0.717) is 0 Å². The van der Waals surface area contributed by atoms with Crippen LogP contribution in [0.15, 0.2) is 72.8 Å². The molecule has 0 aliphatic rings. The zero-order chi connectivity index (χ0) is 19.1. The van der Waals surface area contributed by atoms with Gasteiger partial charge < -0.3 is 0 Å². The van der Waals surface area contributed by atoms with Gasteiger partial charge >= 0.3 is 0 Å². The van der Waals surface area contributed by atoms with E-state index in [1.807, 2.05) is 0 Å². The summed E-state index contributed by atoms with van der Waals surface area (Å²) in [4.78, 5) is 10.2. The van der Waals surface area contributed by atoms with Gasteiger partial charge in [-0.1, -0.05) is 36.4 Å². The van der Waals surface area contributed by atoms with Gasteiger partial charge in [0, 0.05) is 43.1 Å². The Kier molecular flexibility index (Phi) is 1.99. The third kappa shape index (κ3) is 1.32. The molecule has 2 heteroatoms. The topological polar surface area (TPSA) is 25.8 Å². The molecule has 7 aromatic carbocycles. The summed E-state index contributed by atoms with van der Waals surface area (Å²) in [5.41, 5.74) is 4.32. The molecule has 0 spiro atoms. The quantitative estimate of drug-likeness (QED) is 0.203. The molecule has 0 bridgehead atoms. The van der Waals surface area contributed by atoms with Crippen molar-refractivity contribution in [2.75, 3.05) is 0 Å². The van der Waals surface area contributed by atoms with Gasteiger partial charge in [-0.2, -0.15) is 0 Å². The average molecular weight is 376 g/mol. The lowest BCUT2D eigenvalue weighted by atomic mass is 9.83. The highest BCUT2D eigenvalue weighted by molar-refractivity contribution is 6.48. The van der Waals surface area contributed by atoms with Crippen molar-refractivity contribution in [3.05, 3.63) is 72.8 Å². The maximum Gasteiger partial charge on any atom is 0.0722 e. The zero-order valence-corrected chi connectivity index (χ0v) is 15.8. The van der Waals surface area contributed by atoms with E-state index in [1.165, 1.54) is 64.6 Å². The van der Waals surface area contributed by atoms with Crippen molar-refractivity contribution >= 4 is 86.7 Å². The van der Waals surface area contributed by atoms with Crippen LogP contribution in [0.25, 0.3) is 86.7 Å². The fraction of sp³-hybridized carbons (Fsp3) is 0. The van der Waals surface area contributed by atoms with Crippen molar-refractivity contribution in [1.82, 2.24) is 9.97 Å². The van der Waals surface area contributed by atoms with Gasteiger partial charge in [0.2, 0.25) is 0 Å². The predicted octanol–water partition coefficient (Wildman–Crippen LogP) is 7.45. The molecule has 0 aliphatic carbocycles. The minimum atomic E-state index is 1.08. The molecule has 0 atom stereocenters. The number of aromatic nitrogens is 2. The van der Waals surface area contributed by atoms with Crippen LogP contribution in [0.3, 0.4) is 0 Å². The summed E-state index contributed by atoms with van der Waals surface area (Å²) in [6, 6.07) is 26.5. The molecule has 0 amide bonds. The molecule has 2 aromatic heterocycles. The Balaban J connectivity index is 1.86. The molecule has 0 fully saturated rings. The second-order valence-electron chi connectivity index (χ2n) is 8.59. The molecule has 0 aliphatic heterocycles. The molecule has 2 nitrogen and oxygen atoms in total. The Morgan fingerprint density at radius 3 is 1.27 bits per heavy atom. The first-order valence-corrected chi connectivity index (χ1v) is 10.4. The number of benzene rings is 7. The van der Waals surface area contributed by atoms with E-state index in [-0.39, 0.29) is 0 Å². The van der Waals surface area contributed by atoms with E-state index in [9.17, 15) is 0 Å². The molecular weight excluding hydrogens is 364 g/mol. The SMILES string of the molecule is c1cc2cc3ccc4nc5cccc6cc7ccc8nc(c1)c2c1c3c4c(c65)c7c81. The number of rotatable bonds is 0. The highest BCUT2D eigenvalue weighted by atomic mass is 14.7. The predicted molar refractivity (Wildman–Crippen MR) is 127 cm³/mol. The molecule has 30 heavy (non-hydrogen) atoms. The number of hydrogen-bond acceptors (Lipinski definition) is 2. The smallest absolute Gasteiger partial charge is 0.0722 e. The van der Waals surface area contributed by atoms with E-state index in [4.69, 9.17) is 9.97 Å². The minimum Gasteiger partial charge on any atom is -0.248 e. The summed E-state index contributed by atoms with van der Waals surface area (Å²) in [5, 5.41) is 15.7. The Morgan fingerprint density at radius 2 is 0.767 bits per heavy atom. The van der Waals surface area contributed by atoms with Gasteiger partial charge in [-0.05, 0) is 57.9 Å². The first-order valence-electron chi connectivity index (χ1n) is 10.4. The van der Waals surface area contributed by atoms with Crippen LogP contribution in [-0.4, -0.2) is 9.97 Å². The standard InChI is InChI=1S/C28H12N2/c1-3-13-11-15-7-10-20-26-23(15)27-21(13)17(5-1)29-19-9-8-16-12-14-4-2-6-18(30-20)22(14)28(26)24(16)25(19)27/h1-12H. The molecule has 2 heterocycles. The first kappa shape index (κ1) is 14.0. The summed E-state index contributed by atoms with van der Waals surface area (Å²) in [6.45, 7) is 0. The van der Waals surface area contributed by atoms with Crippen molar-refractivity contribution in [2.45, 2.75) is 0 Å². The van der Waals surface area contributed by atoms with Crippen molar-refractivity contribution in [1.29, 1.82) is 0 Å². The molecule has 0 saturated heterocycles. The Bertz CT molecular complexity index is 1810. The minimum absolute atomic E-state index is 1.08. The maximum absolute atomic E-state index is 5.10. The molecule has 0 saturated carbocycles. The van der Waals surface area contributed by atoms with Crippen molar-refractivity contribution < 1.29 is 0 Å². The molecule has 9 rings (SSSR count). The van der Waals surface area contributed by atoms with Crippen molar-refractivity contribution in [3.8, 4) is 0 Å². The monoisotopic (exact) mass is 376 g/mol. The zero-order valence-electron chi connectivity index (χ0n) is 15.8. The third-order valence-corrected chi connectivity index (χ3v) is 7.18. The number of nitrogens with zero attached hydrogens (tertiary/aromatic N) is 2. The van der Waals surface area contributed by atoms with Crippen LogP contribution in [0.4, 0.5) is 0 Å². The van der Waals surface area contributed by atoms with Gasteiger partial charge in [-0.15, -0.1) is 0 Å². The van der Waals surface area contributed by atoms with Gasteiger partial charge in [-0.3, -0.25) is 0 Å². The fourth-order valence-corrected chi connectivity index (χ4v) is 6.12. The molecule has 9 aromatic rings. The van der Waals surface area contributed by atoms with Crippen LogP contribution in [0.2, 0.25) is 0 Å². The lowest BCUT2D eigenvalue weighted by Crippen LogP contribution is -1.97. The van der Waals surface area contributed by atoms with Crippen molar-refractivity contribution in [3.63, 3.8) is 0 Å². The Labute approximate surface area is 169 Å². The fourth-order valence-electron chi connectivity index (χ4n) is 6.12. The lowest BCUT2D eigenvalue weighted by molar-refractivity contribution is 1.51. The van der Waals surface area contributed by atoms with Crippen LogP contribution in [0.5, 0.6) is 0 Å². The van der Waals surface area contributed by atoms with Crippen LogP contribution in [-0.2, 0) is 0 Å². The van der Waals surface area contributed by atoms with Crippen LogP contribution >= 0.6 is 0 Å². The van der Waals surface area contributed by atoms with Gasteiger partial charge in [-0.25, -0.2) is 9.97 Å². The second-order valence-corrected chi connectivity index (χ2v) is 8.59. The number of pyridine rings is 2. The normalized spacial score (nSPS) is 13.3. The summed E-state index contributed by atoms with van der Waals surface area (Å²) in [6.07, 6.45) is 0. The Hall–Kier alpha value is -4.04. The van der Waals surface area contributed by atoms with Gasteiger partial charge in [0.1, 0.15) is 0 Å². The number of hydrogen-bond donors (Lipinski definition) is 0. The van der Waals surface area contributed by atoms with Crippen molar-refractivity contribution in [2.24, 2.45) is 0 Å². The van der Waals surface area contributed by atoms with Crippen LogP contribution < -0.4 is 0 Å². The molecule has 134 valence electrons. The highest BCUT2D eigenvalue weighted by Crippen LogP contribution is 2.50. The van der Waals surface area contributed by atoms with E-state index in [0.717, 1.165) is 22.1 Å². The largest absolute Gasteiger partial charge is 0.248 e. The first-order chi connectivity index (χ1) is 14.9. The van der Waals surface area contributed by atoms with Gasteiger partial charge in [0.15, 0.2) is 0 Å². The third-order valence-electron chi connectivity index (χ3n) is 7.18. The lowest BCUT2D eigenvalue weighted by Gasteiger charge is -2.22. The molecular formula is C28H12N2. The van der Waals surface area contributed by atoms with E-state index >= 15 is 0 Å². The Morgan fingerprint density at radius 1 is 0.333 bits per heavy atom. The summed E-state index contributed by atoms with van der Waals surface area (Å²) >= 11 is 0. The molecule has 0 unspecified atom stereocenters. The van der Waals surface area contributed by atoms with Crippen LogP contribution in [0, 0.1) is 0 Å². The van der Waals surface area contributed by atoms with E-state index in [2.05, 4.69) is 72.8 Å². The summed E-state index contributed by atoms with van der Waals surface area (Å²) < 4.78 is 0. The van der Waals surface area contributed by atoms with Gasteiger partial charge in [0.05, 0.1) is 22.1 Å². The summed E-state index contributed by atoms with van der Waals surface area (Å²) in [7, 11) is 0. The summed E-state index contributed by atoms with van der Waals surface area (Å²) in [5.74, 6) is 0. The van der Waals surface area contributed by atoms with E-state index < -0.39 is 0 Å². The van der Waals surface area contributed by atoms with Gasteiger partial charge in [0.25, 0.3) is 0 Å². The second kappa shape index (κ2) is 4.27. The molecule has 0 radical (unpaired) electrons. The van der Waals surface area contributed by atoms with Crippen LogP contribution in [0.1, 0.15) is 0 Å².